The fourth-order valence-electron chi connectivity index (χ4n) is 4.78. The van der Waals surface area contributed by atoms with Gasteiger partial charge in [-0.1, -0.05) is 66.7 Å². The predicted octanol–water partition coefficient (Wildman–Crippen LogP) is 6.69. The maximum atomic E-state index is 13.1. The number of benzene rings is 4. The first-order valence-corrected chi connectivity index (χ1v) is 16.3. The van der Waals surface area contributed by atoms with Crippen molar-refractivity contribution >= 4 is 37.8 Å². The average Bonchev–Trinajstić information content (AvgIpc) is 3.54. The third kappa shape index (κ3) is 6.98. The number of pyridine rings is 1. The minimum Gasteiger partial charge on any atom is -0.387 e. The van der Waals surface area contributed by atoms with Gasteiger partial charge in [0.15, 0.2) is 0 Å². The van der Waals surface area contributed by atoms with Crippen molar-refractivity contribution in [3.05, 3.63) is 132 Å². The van der Waals surface area contributed by atoms with Gasteiger partial charge in [0, 0.05) is 46.7 Å². The molecule has 7 nitrogen and oxygen atoms in total. The molecule has 0 saturated heterocycles. The number of aliphatic hydroxyl groups is 1. The summed E-state index contributed by atoms with van der Waals surface area (Å²) in [6.07, 6.45) is 3.46. The van der Waals surface area contributed by atoms with Crippen molar-refractivity contribution < 1.29 is 13.5 Å². The first-order valence-electron chi connectivity index (χ1n) is 13.9. The van der Waals surface area contributed by atoms with E-state index in [2.05, 4.69) is 45.4 Å². The summed E-state index contributed by atoms with van der Waals surface area (Å²) in [7, 11) is -3.75. The number of sulfonamides is 1. The minimum atomic E-state index is -3.75. The van der Waals surface area contributed by atoms with E-state index in [1.807, 2.05) is 35.7 Å². The van der Waals surface area contributed by atoms with Crippen LogP contribution in [0, 0.1) is 0 Å². The van der Waals surface area contributed by atoms with Gasteiger partial charge in [-0.15, -0.1) is 11.3 Å². The van der Waals surface area contributed by atoms with Crippen LogP contribution in [0.5, 0.6) is 0 Å². The second kappa shape index (κ2) is 12.8. The van der Waals surface area contributed by atoms with Crippen molar-refractivity contribution in [3.63, 3.8) is 0 Å². The summed E-state index contributed by atoms with van der Waals surface area (Å²) in [6, 6.07) is 32.3. The van der Waals surface area contributed by atoms with E-state index in [9.17, 15) is 13.5 Å². The van der Waals surface area contributed by atoms with Gasteiger partial charge in [0.1, 0.15) is 5.01 Å². The molecule has 43 heavy (non-hydrogen) atoms. The molecule has 6 aromatic rings. The van der Waals surface area contributed by atoms with Gasteiger partial charge in [-0.05, 0) is 65.7 Å². The van der Waals surface area contributed by atoms with Crippen LogP contribution in [0.3, 0.4) is 0 Å². The third-order valence-corrected chi connectivity index (χ3v) is 9.45. The van der Waals surface area contributed by atoms with Crippen LogP contribution < -0.4 is 10.0 Å². The maximum Gasteiger partial charge on any atom is 0.261 e. The molecule has 1 atom stereocenters. The first kappa shape index (κ1) is 28.7. The molecular weight excluding hydrogens is 577 g/mol. The standard InChI is InChI=1S/C34H30N4O3S2/c39-33(29-6-3-18-35-21-29)22-36-19-17-24-7-13-30(14-8-24)38-43(40,41)31-15-11-26(12-16-31)34-37-32(23-42-34)28-10-9-25-4-1-2-5-27(25)20-28/h1-16,18,20-21,23,33,36,38-39H,17,19,22H2/t33-/m0/s1. The zero-order chi connectivity index (χ0) is 29.6. The summed E-state index contributed by atoms with van der Waals surface area (Å²) >= 11 is 1.53. The molecule has 0 aliphatic rings. The number of rotatable bonds is 11. The van der Waals surface area contributed by atoms with Crippen LogP contribution in [0.1, 0.15) is 17.2 Å². The number of aliphatic hydroxyl groups excluding tert-OH is 1. The Balaban J connectivity index is 1.04. The molecule has 0 spiro atoms. The summed E-state index contributed by atoms with van der Waals surface area (Å²) in [5.41, 5.74) is 5.13. The van der Waals surface area contributed by atoms with Gasteiger partial charge in [-0.3, -0.25) is 9.71 Å². The number of hydrogen-bond acceptors (Lipinski definition) is 7. The van der Waals surface area contributed by atoms with Crippen molar-refractivity contribution in [1.82, 2.24) is 15.3 Å². The van der Waals surface area contributed by atoms with Crippen LogP contribution >= 0.6 is 11.3 Å². The highest BCUT2D eigenvalue weighted by Gasteiger charge is 2.15. The number of hydrogen-bond donors (Lipinski definition) is 3. The third-order valence-electron chi connectivity index (χ3n) is 7.16. The Morgan fingerprint density at radius 2 is 1.60 bits per heavy atom. The highest BCUT2D eigenvalue weighted by Crippen LogP contribution is 2.31. The van der Waals surface area contributed by atoms with Gasteiger partial charge >= 0.3 is 0 Å². The van der Waals surface area contributed by atoms with Crippen LogP contribution in [-0.4, -0.2) is 36.6 Å². The lowest BCUT2D eigenvalue weighted by Crippen LogP contribution is -2.23. The van der Waals surface area contributed by atoms with Gasteiger partial charge in [0.05, 0.1) is 16.7 Å². The van der Waals surface area contributed by atoms with E-state index < -0.39 is 16.1 Å². The molecule has 0 aliphatic carbocycles. The summed E-state index contributed by atoms with van der Waals surface area (Å²) in [5.74, 6) is 0. The van der Waals surface area contributed by atoms with Crippen LogP contribution in [-0.2, 0) is 16.4 Å². The van der Waals surface area contributed by atoms with E-state index in [0.717, 1.165) is 44.8 Å². The fourth-order valence-corrected chi connectivity index (χ4v) is 6.67. The molecule has 9 heteroatoms. The van der Waals surface area contributed by atoms with Crippen LogP contribution in [0.25, 0.3) is 32.6 Å². The Morgan fingerprint density at radius 1 is 0.837 bits per heavy atom. The first-order chi connectivity index (χ1) is 20.9. The molecule has 4 aromatic carbocycles. The molecule has 0 amide bonds. The van der Waals surface area contributed by atoms with E-state index >= 15 is 0 Å². The molecule has 0 unspecified atom stereocenters. The highest BCUT2D eigenvalue weighted by molar-refractivity contribution is 7.92. The Morgan fingerprint density at radius 3 is 2.37 bits per heavy atom. The summed E-state index contributed by atoms with van der Waals surface area (Å²) in [5, 5.41) is 18.7. The normalized spacial score (nSPS) is 12.3. The number of thiazole rings is 1. The van der Waals surface area contributed by atoms with Gasteiger partial charge < -0.3 is 10.4 Å². The Kier molecular flexibility index (Phi) is 8.57. The quantitative estimate of drug-likeness (QED) is 0.142. The second-order valence-electron chi connectivity index (χ2n) is 10.2. The lowest BCUT2D eigenvalue weighted by atomic mass is 10.1. The van der Waals surface area contributed by atoms with Crippen LogP contribution in [0.4, 0.5) is 5.69 Å². The minimum absolute atomic E-state index is 0.183. The predicted molar refractivity (Wildman–Crippen MR) is 174 cm³/mol. The van der Waals surface area contributed by atoms with Gasteiger partial charge in [-0.25, -0.2) is 13.4 Å². The monoisotopic (exact) mass is 606 g/mol. The van der Waals surface area contributed by atoms with E-state index in [4.69, 9.17) is 4.98 Å². The molecule has 0 bridgehead atoms. The lowest BCUT2D eigenvalue weighted by molar-refractivity contribution is 0.174. The molecular formula is C34H30N4O3S2. The Bertz CT molecular complexity index is 1930. The lowest BCUT2D eigenvalue weighted by Gasteiger charge is -2.12. The van der Waals surface area contributed by atoms with Gasteiger partial charge in [0.25, 0.3) is 10.0 Å². The number of fused-ring (bicyclic) bond motifs is 1. The van der Waals surface area contributed by atoms with Crippen LogP contribution in [0.15, 0.2) is 126 Å². The van der Waals surface area contributed by atoms with Gasteiger partial charge in [-0.2, -0.15) is 0 Å². The summed E-state index contributed by atoms with van der Waals surface area (Å²) < 4.78 is 28.8. The average molecular weight is 607 g/mol. The second-order valence-corrected chi connectivity index (χ2v) is 12.7. The zero-order valence-corrected chi connectivity index (χ0v) is 24.9. The smallest absolute Gasteiger partial charge is 0.261 e. The largest absolute Gasteiger partial charge is 0.387 e. The maximum absolute atomic E-state index is 13.1. The molecule has 0 radical (unpaired) electrons. The molecule has 2 heterocycles. The number of nitrogens with one attached hydrogen (secondary N) is 2. The topological polar surface area (TPSA) is 104 Å². The van der Waals surface area contributed by atoms with Gasteiger partial charge in [0.2, 0.25) is 0 Å². The molecule has 0 saturated carbocycles. The SMILES string of the molecule is O=S(=O)(Nc1ccc(CCNC[C@H](O)c2cccnc2)cc1)c1ccc(-c2nc(-c3ccc4ccccc4c3)cs2)cc1. The van der Waals surface area contributed by atoms with Crippen molar-refractivity contribution in [1.29, 1.82) is 0 Å². The van der Waals surface area contributed by atoms with E-state index in [-0.39, 0.29) is 4.90 Å². The number of nitrogens with zero attached hydrogens (tertiary/aromatic N) is 2. The Labute approximate surface area is 255 Å². The number of anilines is 1. The molecule has 2 aromatic heterocycles. The van der Waals surface area contributed by atoms with Crippen molar-refractivity contribution in [2.75, 3.05) is 17.8 Å². The summed E-state index contributed by atoms with van der Waals surface area (Å²) in [6.45, 7) is 1.11. The molecule has 216 valence electrons. The van der Waals surface area contributed by atoms with Crippen molar-refractivity contribution in [2.24, 2.45) is 0 Å². The number of aromatic nitrogens is 2. The van der Waals surface area contributed by atoms with Crippen LogP contribution in [0.2, 0.25) is 0 Å². The van der Waals surface area contributed by atoms with Crippen molar-refractivity contribution in [3.8, 4) is 21.8 Å². The molecule has 6 rings (SSSR count). The fraction of sp³-hybridized carbons (Fsp3) is 0.118. The van der Waals surface area contributed by atoms with E-state index in [1.165, 1.54) is 16.7 Å². The van der Waals surface area contributed by atoms with E-state index in [0.29, 0.717) is 18.8 Å². The Hall–Kier alpha value is -4.41. The van der Waals surface area contributed by atoms with E-state index in [1.54, 1.807) is 54.9 Å². The van der Waals surface area contributed by atoms with Crippen molar-refractivity contribution in [2.45, 2.75) is 17.4 Å². The zero-order valence-electron chi connectivity index (χ0n) is 23.2. The highest BCUT2D eigenvalue weighted by atomic mass is 32.2. The molecule has 3 N–H and O–H groups in total. The molecule has 0 aliphatic heterocycles. The molecule has 0 fully saturated rings. The summed E-state index contributed by atoms with van der Waals surface area (Å²) in [4.78, 5) is 9.02.